The van der Waals surface area contributed by atoms with Gasteiger partial charge in [-0.15, -0.1) is 0 Å². The van der Waals surface area contributed by atoms with Gasteiger partial charge in [-0.3, -0.25) is 14.3 Å². The van der Waals surface area contributed by atoms with Crippen molar-refractivity contribution in [3.63, 3.8) is 0 Å². The van der Waals surface area contributed by atoms with E-state index in [4.69, 9.17) is 10.2 Å². The molecule has 1 fully saturated rings. The van der Waals surface area contributed by atoms with Crippen molar-refractivity contribution in [2.24, 2.45) is 0 Å². The van der Waals surface area contributed by atoms with Crippen molar-refractivity contribution in [3.05, 3.63) is 18.0 Å². The highest BCUT2D eigenvalue weighted by molar-refractivity contribution is 5.66. The normalized spacial score (nSPS) is 19.5. The molecule has 7 nitrogen and oxygen atoms in total. The maximum atomic E-state index is 10.7. The van der Waals surface area contributed by atoms with Gasteiger partial charge in [-0.25, -0.2) is 0 Å². The fraction of sp³-hybridized carbons (Fsp3) is 0.643. The second-order valence-electron chi connectivity index (χ2n) is 5.47. The number of rotatable bonds is 7. The standard InChI is InChI=1S/C14H21N3O4/c18-13(19)4-2-7-16-6-1-3-11(9-16)12-5-8-17(15-12)10-14(20)21/h5,8,11H,1-4,6-7,9-10H2,(H,18,19)(H,20,21)/t11-/m1/s1. The van der Waals surface area contributed by atoms with E-state index in [2.05, 4.69) is 10.00 Å². The van der Waals surface area contributed by atoms with Gasteiger partial charge in [0.25, 0.3) is 0 Å². The van der Waals surface area contributed by atoms with Gasteiger partial charge in [0.15, 0.2) is 0 Å². The summed E-state index contributed by atoms with van der Waals surface area (Å²) in [6, 6.07) is 1.88. The molecule has 116 valence electrons. The SMILES string of the molecule is O=C(O)CCCN1CCC[C@@H](c2ccn(CC(=O)O)n2)C1. The van der Waals surface area contributed by atoms with Gasteiger partial charge >= 0.3 is 11.9 Å². The van der Waals surface area contributed by atoms with E-state index in [-0.39, 0.29) is 13.0 Å². The van der Waals surface area contributed by atoms with E-state index in [0.29, 0.717) is 12.3 Å². The van der Waals surface area contributed by atoms with Crippen molar-refractivity contribution >= 4 is 11.9 Å². The first-order chi connectivity index (χ1) is 10.0. The van der Waals surface area contributed by atoms with Crippen LogP contribution in [0.25, 0.3) is 0 Å². The fourth-order valence-corrected chi connectivity index (χ4v) is 2.78. The fourth-order valence-electron chi connectivity index (χ4n) is 2.78. The second kappa shape index (κ2) is 7.21. The highest BCUT2D eigenvalue weighted by Gasteiger charge is 2.23. The molecule has 0 aromatic carbocycles. The van der Waals surface area contributed by atoms with Crippen LogP contribution in [0.2, 0.25) is 0 Å². The molecule has 0 aliphatic carbocycles. The number of piperidine rings is 1. The third-order valence-electron chi connectivity index (χ3n) is 3.75. The number of hydrogen-bond donors (Lipinski definition) is 2. The van der Waals surface area contributed by atoms with Gasteiger partial charge in [-0.2, -0.15) is 5.10 Å². The summed E-state index contributed by atoms with van der Waals surface area (Å²) in [7, 11) is 0. The zero-order valence-electron chi connectivity index (χ0n) is 11.9. The molecule has 0 saturated carbocycles. The first-order valence-electron chi connectivity index (χ1n) is 7.24. The molecule has 1 saturated heterocycles. The van der Waals surface area contributed by atoms with E-state index in [1.807, 2.05) is 6.07 Å². The van der Waals surface area contributed by atoms with Crippen molar-refractivity contribution in [3.8, 4) is 0 Å². The number of carbonyl (C=O) groups is 2. The number of hydrogen-bond acceptors (Lipinski definition) is 4. The van der Waals surface area contributed by atoms with Crippen LogP contribution in [-0.4, -0.2) is 56.5 Å². The first-order valence-corrected chi connectivity index (χ1v) is 7.24. The maximum absolute atomic E-state index is 10.7. The van der Waals surface area contributed by atoms with E-state index in [1.54, 1.807) is 6.20 Å². The molecule has 2 rings (SSSR count). The van der Waals surface area contributed by atoms with Gasteiger partial charge in [0, 0.05) is 25.1 Å². The Morgan fingerprint density at radius 2 is 2.14 bits per heavy atom. The van der Waals surface area contributed by atoms with Crippen LogP contribution in [0.4, 0.5) is 0 Å². The average molecular weight is 295 g/mol. The number of likely N-dealkylation sites (tertiary alicyclic amines) is 1. The molecule has 0 bridgehead atoms. The molecule has 2 heterocycles. The van der Waals surface area contributed by atoms with Crippen molar-refractivity contribution < 1.29 is 19.8 Å². The quantitative estimate of drug-likeness (QED) is 0.779. The van der Waals surface area contributed by atoms with E-state index in [9.17, 15) is 9.59 Å². The average Bonchev–Trinajstić information content (AvgIpc) is 2.86. The van der Waals surface area contributed by atoms with Crippen LogP contribution in [0.5, 0.6) is 0 Å². The molecule has 1 aromatic heterocycles. The van der Waals surface area contributed by atoms with Gasteiger partial charge in [-0.05, 0) is 38.4 Å². The number of aliphatic carboxylic acids is 2. The maximum Gasteiger partial charge on any atom is 0.325 e. The Hall–Kier alpha value is -1.89. The summed E-state index contributed by atoms with van der Waals surface area (Å²) in [5.41, 5.74) is 0.930. The molecule has 1 atom stereocenters. The molecular formula is C14H21N3O4. The molecule has 0 amide bonds. The Labute approximate surface area is 123 Å². The van der Waals surface area contributed by atoms with Crippen LogP contribution in [0.15, 0.2) is 12.3 Å². The Morgan fingerprint density at radius 3 is 2.86 bits per heavy atom. The Balaban J connectivity index is 1.86. The van der Waals surface area contributed by atoms with Crippen molar-refractivity contribution in [1.29, 1.82) is 0 Å². The minimum Gasteiger partial charge on any atom is -0.481 e. The summed E-state index contributed by atoms with van der Waals surface area (Å²) < 4.78 is 1.45. The predicted molar refractivity (Wildman–Crippen MR) is 75.1 cm³/mol. The number of nitrogens with zero attached hydrogens (tertiary/aromatic N) is 3. The minimum atomic E-state index is -0.899. The van der Waals surface area contributed by atoms with Crippen LogP contribution in [0, 0.1) is 0 Å². The Morgan fingerprint density at radius 1 is 1.33 bits per heavy atom. The lowest BCUT2D eigenvalue weighted by Crippen LogP contribution is -2.35. The number of aromatic nitrogens is 2. The van der Waals surface area contributed by atoms with Crippen molar-refractivity contribution in [2.45, 2.75) is 38.1 Å². The lowest BCUT2D eigenvalue weighted by Gasteiger charge is -2.31. The highest BCUT2D eigenvalue weighted by atomic mass is 16.4. The summed E-state index contributed by atoms with van der Waals surface area (Å²) in [6.07, 6.45) is 4.67. The monoisotopic (exact) mass is 295 g/mol. The molecule has 2 N–H and O–H groups in total. The number of carboxylic acids is 2. The molecule has 1 aliphatic heterocycles. The lowest BCUT2D eigenvalue weighted by atomic mass is 9.95. The first kappa shape index (κ1) is 15.5. The van der Waals surface area contributed by atoms with Crippen molar-refractivity contribution in [1.82, 2.24) is 14.7 Å². The summed E-state index contributed by atoms with van der Waals surface area (Å²) in [5.74, 6) is -1.35. The van der Waals surface area contributed by atoms with E-state index >= 15 is 0 Å². The summed E-state index contributed by atoms with van der Waals surface area (Å²) in [4.78, 5) is 23.5. The van der Waals surface area contributed by atoms with Gasteiger partial charge < -0.3 is 15.1 Å². The largest absolute Gasteiger partial charge is 0.481 e. The Bertz CT molecular complexity index is 500. The molecular weight excluding hydrogens is 274 g/mol. The molecule has 7 heteroatoms. The van der Waals surface area contributed by atoms with Crippen LogP contribution in [-0.2, 0) is 16.1 Å². The number of carboxylic acid groups (broad SMARTS) is 2. The van der Waals surface area contributed by atoms with E-state index in [1.165, 1.54) is 4.68 Å². The zero-order valence-corrected chi connectivity index (χ0v) is 11.9. The zero-order chi connectivity index (χ0) is 15.2. The molecule has 1 aliphatic rings. The van der Waals surface area contributed by atoms with Crippen LogP contribution in [0.1, 0.15) is 37.3 Å². The van der Waals surface area contributed by atoms with Crippen LogP contribution < -0.4 is 0 Å². The molecule has 21 heavy (non-hydrogen) atoms. The second-order valence-corrected chi connectivity index (χ2v) is 5.47. The van der Waals surface area contributed by atoms with E-state index < -0.39 is 11.9 Å². The van der Waals surface area contributed by atoms with Gasteiger partial charge in [0.1, 0.15) is 6.54 Å². The topological polar surface area (TPSA) is 95.7 Å². The lowest BCUT2D eigenvalue weighted by molar-refractivity contribution is -0.138. The molecule has 0 unspecified atom stereocenters. The Kier molecular flexibility index (Phi) is 5.32. The van der Waals surface area contributed by atoms with Crippen molar-refractivity contribution in [2.75, 3.05) is 19.6 Å². The molecule has 0 spiro atoms. The summed E-state index contributed by atoms with van der Waals surface area (Å²) in [6.45, 7) is 2.53. The smallest absolute Gasteiger partial charge is 0.325 e. The van der Waals surface area contributed by atoms with Gasteiger partial charge in [-0.1, -0.05) is 0 Å². The molecule has 1 aromatic rings. The third kappa shape index (κ3) is 4.86. The van der Waals surface area contributed by atoms with E-state index in [0.717, 1.165) is 38.2 Å². The minimum absolute atomic E-state index is 0.116. The summed E-state index contributed by atoms with van der Waals surface area (Å²) in [5, 5.41) is 21.8. The van der Waals surface area contributed by atoms with Crippen LogP contribution in [0.3, 0.4) is 0 Å². The molecule has 0 radical (unpaired) electrons. The van der Waals surface area contributed by atoms with Crippen LogP contribution >= 0.6 is 0 Å². The highest BCUT2D eigenvalue weighted by Crippen LogP contribution is 2.25. The third-order valence-corrected chi connectivity index (χ3v) is 3.75. The summed E-state index contributed by atoms with van der Waals surface area (Å²) >= 11 is 0. The van der Waals surface area contributed by atoms with Gasteiger partial charge in [0.2, 0.25) is 0 Å². The van der Waals surface area contributed by atoms with Gasteiger partial charge in [0.05, 0.1) is 5.69 Å². The predicted octanol–water partition coefficient (Wildman–Crippen LogP) is 1.01.